The zero-order valence-electron chi connectivity index (χ0n) is 10.9. The Bertz CT molecular complexity index is 417. The zero-order chi connectivity index (χ0) is 12.5. The molecule has 2 unspecified atom stereocenters. The van der Waals surface area contributed by atoms with Crippen LogP contribution in [0.25, 0.3) is 0 Å². The lowest BCUT2D eigenvalue weighted by molar-refractivity contribution is 0.180. The second-order valence-corrected chi connectivity index (χ2v) is 5.82. The number of nitrogens with one attached hydrogen (secondary N) is 1. The van der Waals surface area contributed by atoms with Gasteiger partial charge in [-0.1, -0.05) is 18.0 Å². The molecule has 18 heavy (non-hydrogen) atoms. The summed E-state index contributed by atoms with van der Waals surface area (Å²) in [6, 6.07) is 1.37. The number of rotatable bonds is 3. The largest absolute Gasteiger partial charge is 0.321 e. The van der Waals surface area contributed by atoms with Gasteiger partial charge in [0.1, 0.15) is 11.0 Å². The van der Waals surface area contributed by atoms with E-state index in [1.807, 2.05) is 11.6 Å². The standard InChI is InChI=1S/C13H21ClN4/c1-17-12(14)8-16-13(17)9-15-10-5-7-18-6-3-2-4-11(10)18/h8,10-11,15H,2-7,9H2,1H3. The average Bonchev–Trinajstić information content (AvgIpc) is 2.94. The summed E-state index contributed by atoms with van der Waals surface area (Å²) >= 11 is 6.00. The number of halogens is 1. The fourth-order valence-corrected chi connectivity index (χ4v) is 3.44. The van der Waals surface area contributed by atoms with Crippen molar-refractivity contribution in [3.8, 4) is 0 Å². The minimum Gasteiger partial charge on any atom is -0.321 e. The van der Waals surface area contributed by atoms with Gasteiger partial charge in [0.2, 0.25) is 0 Å². The summed E-state index contributed by atoms with van der Waals surface area (Å²) in [4.78, 5) is 6.98. The summed E-state index contributed by atoms with van der Waals surface area (Å²) in [6.07, 6.45) is 7.09. The van der Waals surface area contributed by atoms with Crippen LogP contribution >= 0.6 is 11.6 Å². The maximum Gasteiger partial charge on any atom is 0.128 e. The van der Waals surface area contributed by atoms with Crippen molar-refractivity contribution < 1.29 is 0 Å². The second kappa shape index (κ2) is 5.19. The molecule has 0 saturated carbocycles. The Kier molecular flexibility index (Phi) is 3.59. The number of fused-ring (bicyclic) bond motifs is 1. The van der Waals surface area contributed by atoms with Gasteiger partial charge in [0, 0.05) is 25.7 Å². The first-order valence-corrected chi connectivity index (χ1v) is 7.27. The molecule has 4 nitrogen and oxygen atoms in total. The van der Waals surface area contributed by atoms with Crippen LogP contribution < -0.4 is 5.32 Å². The maximum absolute atomic E-state index is 6.00. The molecule has 100 valence electrons. The lowest BCUT2D eigenvalue weighted by atomic mass is 9.99. The Balaban J connectivity index is 1.59. The highest BCUT2D eigenvalue weighted by Gasteiger charge is 2.35. The first kappa shape index (κ1) is 12.5. The Morgan fingerprint density at radius 2 is 2.28 bits per heavy atom. The zero-order valence-corrected chi connectivity index (χ0v) is 11.7. The van der Waals surface area contributed by atoms with Crippen molar-refractivity contribution in [3.63, 3.8) is 0 Å². The molecular weight excluding hydrogens is 248 g/mol. The van der Waals surface area contributed by atoms with Gasteiger partial charge in [-0.25, -0.2) is 4.98 Å². The highest BCUT2D eigenvalue weighted by Crippen LogP contribution is 2.27. The van der Waals surface area contributed by atoms with Crippen molar-refractivity contribution in [1.29, 1.82) is 0 Å². The molecule has 2 saturated heterocycles. The Hall–Kier alpha value is -0.580. The van der Waals surface area contributed by atoms with Crippen molar-refractivity contribution in [2.24, 2.45) is 7.05 Å². The minimum absolute atomic E-state index is 0.626. The molecule has 0 bridgehead atoms. The molecular formula is C13H21ClN4. The van der Waals surface area contributed by atoms with Crippen LogP contribution in [0.15, 0.2) is 6.20 Å². The van der Waals surface area contributed by atoms with Gasteiger partial charge in [-0.2, -0.15) is 0 Å². The van der Waals surface area contributed by atoms with Crippen LogP contribution in [-0.4, -0.2) is 39.6 Å². The van der Waals surface area contributed by atoms with E-state index in [0.29, 0.717) is 11.2 Å². The fourth-order valence-electron chi connectivity index (χ4n) is 3.30. The van der Waals surface area contributed by atoms with Gasteiger partial charge >= 0.3 is 0 Å². The number of hydrogen-bond donors (Lipinski definition) is 1. The van der Waals surface area contributed by atoms with E-state index in [1.54, 1.807) is 6.20 Å². The third kappa shape index (κ3) is 2.29. The molecule has 3 heterocycles. The Morgan fingerprint density at radius 3 is 3.06 bits per heavy atom. The average molecular weight is 269 g/mol. The van der Waals surface area contributed by atoms with Crippen molar-refractivity contribution >= 4 is 11.6 Å². The highest BCUT2D eigenvalue weighted by molar-refractivity contribution is 6.29. The molecule has 0 aromatic carbocycles. The molecule has 3 rings (SSSR count). The van der Waals surface area contributed by atoms with Gasteiger partial charge in [-0.15, -0.1) is 0 Å². The topological polar surface area (TPSA) is 33.1 Å². The summed E-state index contributed by atoms with van der Waals surface area (Å²) < 4.78 is 1.95. The molecule has 0 spiro atoms. The molecule has 1 aromatic heterocycles. The first-order chi connectivity index (χ1) is 8.75. The monoisotopic (exact) mass is 268 g/mol. The van der Waals surface area contributed by atoms with Crippen LogP contribution in [0, 0.1) is 0 Å². The molecule has 2 atom stereocenters. The summed E-state index contributed by atoms with van der Waals surface area (Å²) in [5, 5.41) is 4.37. The molecule has 0 aliphatic carbocycles. The maximum atomic E-state index is 6.00. The van der Waals surface area contributed by atoms with E-state index in [2.05, 4.69) is 15.2 Å². The number of aromatic nitrogens is 2. The predicted molar refractivity (Wildman–Crippen MR) is 72.7 cm³/mol. The van der Waals surface area contributed by atoms with Crippen LogP contribution in [0.4, 0.5) is 0 Å². The van der Waals surface area contributed by atoms with Gasteiger partial charge in [-0.05, 0) is 25.8 Å². The third-order valence-electron chi connectivity index (χ3n) is 4.41. The normalized spacial score (nSPS) is 28.6. The van der Waals surface area contributed by atoms with Gasteiger partial charge in [0.15, 0.2) is 0 Å². The molecule has 2 aliphatic heterocycles. The molecule has 5 heteroatoms. The van der Waals surface area contributed by atoms with Gasteiger partial charge in [-0.3, -0.25) is 4.90 Å². The Labute approximate surface area is 113 Å². The van der Waals surface area contributed by atoms with E-state index in [9.17, 15) is 0 Å². The smallest absolute Gasteiger partial charge is 0.128 e. The number of imidazole rings is 1. The van der Waals surface area contributed by atoms with Gasteiger partial charge < -0.3 is 9.88 Å². The van der Waals surface area contributed by atoms with Crippen LogP contribution in [0.1, 0.15) is 31.5 Å². The van der Waals surface area contributed by atoms with Crippen molar-refractivity contribution in [2.75, 3.05) is 13.1 Å². The second-order valence-electron chi connectivity index (χ2n) is 5.43. The number of hydrogen-bond acceptors (Lipinski definition) is 3. The predicted octanol–water partition coefficient (Wildman–Crippen LogP) is 1.79. The van der Waals surface area contributed by atoms with Crippen molar-refractivity contribution in [3.05, 3.63) is 17.2 Å². The number of nitrogens with zero attached hydrogens (tertiary/aromatic N) is 3. The molecule has 2 fully saturated rings. The quantitative estimate of drug-likeness (QED) is 0.907. The van der Waals surface area contributed by atoms with E-state index in [1.165, 1.54) is 38.8 Å². The van der Waals surface area contributed by atoms with Crippen LogP contribution in [-0.2, 0) is 13.6 Å². The van der Waals surface area contributed by atoms with Gasteiger partial charge in [0.05, 0.1) is 12.7 Å². The van der Waals surface area contributed by atoms with E-state index >= 15 is 0 Å². The molecule has 1 N–H and O–H groups in total. The van der Waals surface area contributed by atoms with E-state index in [0.717, 1.165) is 18.4 Å². The van der Waals surface area contributed by atoms with Crippen molar-refractivity contribution in [2.45, 2.75) is 44.3 Å². The summed E-state index contributed by atoms with van der Waals surface area (Å²) in [6.45, 7) is 3.36. The lowest BCUT2D eigenvalue weighted by Crippen LogP contribution is -2.44. The third-order valence-corrected chi connectivity index (χ3v) is 4.76. The van der Waals surface area contributed by atoms with Crippen molar-refractivity contribution in [1.82, 2.24) is 19.8 Å². The molecule has 0 amide bonds. The Morgan fingerprint density at radius 1 is 1.39 bits per heavy atom. The summed E-state index contributed by atoms with van der Waals surface area (Å²) in [5.41, 5.74) is 0. The fraction of sp³-hybridized carbons (Fsp3) is 0.769. The SMILES string of the molecule is Cn1c(Cl)cnc1CNC1CCN2CCCCC12. The molecule has 0 radical (unpaired) electrons. The summed E-state index contributed by atoms with van der Waals surface area (Å²) in [5.74, 6) is 1.02. The molecule has 2 aliphatic rings. The highest BCUT2D eigenvalue weighted by atomic mass is 35.5. The van der Waals surface area contributed by atoms with Crippen LogP contribution in [0.5, 0.6) is 0 Å². The number of piperidine rings is 1. The first-order valence-electron chi connectivity index (χ1n) is 6.89. The van der Waals surface area contributed by atoms with E-state index in [4.69, 9.17) is 11.6 Å². The van der Waals surface area contributed by atoms with Crippen LogP contribution in [0.2, 0.25) is 5.15 Å². The van der Waals surface area contributed by atoms with E-state index in [-0.39, 0.29) is 0 Å². The lowest BCUT2D eigenvalue weighted by Gasteiger charge is -2.32. The van der Waals surface area contributed by atoms with Gasteiger partial charge in [0.25, 0.3) is 0 Å². The van der Waals surface area contributed by atoms with Crippen LogP contribution in [0.3, 0.4) is 0 Å². The minimum atomic E-state index is 0.626. The van der Waals surface area contributed by atoms with E-state index < -0.39 is 0 Å². The summed E-state index contributed by atoms with van der Waals surface area (Å²) in [7, 11) is 1.97. The molecule has 1 aromatic rings.